The SMILES string of the molecule is CCN[C@H](C)CNC(=O)c1ccccc1SCC(=O)NCC1CCCCC1. The van der Waals surface area contributed by atoms with Crippen LogP contribution in [0.15, 0.2) is 29.2 Å². The van der Waals surface area contributed by atoms with E-state index in [0.29, 0.717) is 23.8 Å². The second-order valence-corrected chi connectivity index (χ2v) is 8.28. The Balaban J connectivity index is 1.80. The third-order valence-electron chi connectivity index (χ3n) is 4.92. The van der Waals surface area contributed by atoms with Crippen molar-refractivity contribution in [2.45, 2.75) is 56.9 Å². The maximum atomic E-state index is 12.5. The van der Waals surface area contributed by atoms with Gasteiger partial charge in [-0.05, 0) is 44.4 Å². The molecule has 1 aliphatic carbocycles. The van der Waals surface area contributed by atoms with Crippen LogP contribution in [-0.2, 0) is 4.79 Å². The molecule has 27 heavy (non-hydrogen) atoms. The summed E-state index contributed by atoms with van der Waals surface area (Å²) in [6, 6.07) is 7.71. The van der Waals surface area contributed by atoms with Gasteiger partial charge in [0.15, 0.2) is 0 Å². The van der Waals surface area contributed by atoms with Crippen LogP contribution in [-0.4, -0.2) is 43.2 Å². The van der Waals surface area contributed by atoms with Gasteiger partial charge in [-0.2, -0.15) is 0 Å². The van der Waals surface area contributed by atoms with E-state index in [0.717, 1.165) is 18.0 Å². The molecule has 5 nitrogen and oxygen atoms in total. The maximum Gasteiger partial charge on any atom is 0.252 e. The second-order valence-electron chi connectivity index (χ2n) is 7.26. The largest absolute Gasteiger partial charge is 0.355 e. The van der Waals surface area contributed by atoms with Gasteiger partial charge in [-0.3, -0.25) is 9.59 Å². The summed E-state index contributed by atoms with van der Waals surface area (Å²) in [6.45, 7) is 6.32. The minimum Gasteiger partial charge on any atom is -0.355 e. The van der Waals surface area contributed by atoms with Crippen molar-refractivity contribution < 1.29 is 9.59 Å². The highest BCUT2D eigenvalue weighted by molar-refractivity contribution is 8.00. The van der Waals surface area contributed by atoms with Crippen LogP contribution in [0.25, 0.3) is 0 Å². The van der Waals surface area contributed by atoms with Crippen molar-refractivity contribution in [1.29, 1.82) is 0 Å². The molecule has 2 amide bonds. The van der Waals surface area contributed by atoms with Gasteiger partial charge in [0.05, 0.1) is 11.3 Å². The third-order valence-corrected chi connectivity index (χ3v) is 6.00. The quantitative estimate of drug-likeness (QED) is 0.536. The number of benzene rings is 1. The van der Waals surface area contributed by atoms with Crippen molar-refractivity contribution >= 4 is 23.6 Å². The molecule has 150 valence electrons. The highest BCUT2D eigenvalue weighted by Gasteiger charge is 2.16. The average Bonchev–Trinajstić information content (AvgIpc) is 2.70. The molecule has 0 bridgehead atoms. The molecule has 1 aromatic carbocycles. The summed E-state index contributed by atoms with van der Waals surface area (Å²) in [4.78, 5) is 25.5. The fourth-order valence-electron chi connectivity index (χ4n) is 3.39. The van der Waals surface area contributed by atoms with E-state index in [4.69, 9.17) is 0 Å². The van der Waals surface area contributed by atoms with Gasteiger partial charge in [-0.15, -0.1) is 11.8 Å². The van der Waals surface area contributed by atoms with Crippen LogP contribution in [0, 0.1) is 5.92 Å². The summed E-state index contributed by atoms with van der Waals surface area (Å²) in [6.07, 6.45) is 6.34. The topological polar surface area (TPSA) is 70.2 Å². The standard InChI is InChI=1S/C21H33N3O2S/c1-3-22-16(2)13-24-21(26)18-11-7-8-12-19(18)27-15-20(25)23-14-17-9-5-4-6-10-17/h7-8,11-12,16-17,22H,3-6,9-10,13-15H2,1-2H3,(H,23,25)(H,24,26)/t16-/m1/s1. The first-order valence-corrected chi connectivity index (χ1v) is 11.1. The minimum atomic E-state index is -0.0922. The van der Waals surface area contributed by atoms with Gasteiger partial charge in [0.2, 0.25) is 5.91 Å². The first kappa shape index (κ1) is 21.8. The monoisotopic (exact) mass is 391 g/mol. The van der Waals surface area contributed by atoms with E-state index in [2.05, 4.69) is 16.0 Å². The minimum absolute atomic E-state index is 0.0431. The lowest BCUT2D eigenvalue weighted by Crippen LogP contribution is -2.38. The van der Waals surface area contributed by atoms with Crippen molar-refractivity contribution in [1.82, 2.24) is 16.0 Å². The van der Waals surface area contributed by atoms with Crippen molar-refractivity contribution in [3.05, 3.63) is 29.8 Å². The van der Waals surface area contributed by atoms with Gasteiger partial charge in [-0.1, -0.05) is 38.3 Å². The molecular weight excluding hydrogens is 358 g/mol. The second kappa shape index (κ2) is 12.0. The lowest BCUT2D eigenvalue weighted by atomic mass is 9.89. The van der Waals surface area contributed by atoms with Crippen molar-refractivity contribution in [2.75, 3.05) is 25.4 Å². The molecule has 2 rings (SSSR count). The molecule has 3 N–H and O–H groups in total. The summed E-state index contributed by atoms with van der Waals surface area (Å²) >= 11 is 1.43. The summed E-state index contributed by atoms with van der Waals surface area (Å²) in [5, 5.41) is 9.30. The number of amides is 2. The zero-order valence-corrected chi connectivity index (χ0v) is 17.4. The fourth-order valence-corrected chi connectivity index (χ4v) is 4.27. The highest BCUT2D eigenvalue weighted by Crippen LogP contribution is 2.24. The molecule has 0 spiro atoms. The van der Waals surface area contributed by atoms with E-state index in [-0.39, 0.29) is 17.9 Å². The molecule has 0 aliphatic heterocycles. The summed E-state index contributed by atoms with van der Waals surface area (Å²) in [7, 11) is 0. The smallest absolute Gasteiger partial charge is 0.252 e. The molecule has 0 aromatic heterocycles. The fraction of sp³-hybridized carbons (Fsp3) is 0.619. The zero-order chi connectivity index (χ0) is 19.5. The molecule has 0 saturated heterocycles. The van der Waals surface area contributed by atoms with Gasteiger partial charge in [0.1, 0.15) is 0 Å². The Morgan fingerprint density at radius 2 is 1.89 bits per heavy atom. The summed E-state index contributed by atoms with van der Waals surface area (Å²) in [5.41, 5.74) is 0.631. The number of likely N-dealkylation sites (N-methyl/N-ethyl adjacent to an activating group) is 1. The summed E-state index contributed by atoms with van der Waals surface area (Å²) in [5.74, 6) is 0.918. The van der Waals surface area contributed by atoms with E-state index < -0.39 is 0 Å². The molecule has 1 aliphatic rings. The lowest BCUT2D eigenvalue weighted by Gasteiger charge is -2.21. The van der Waals surface area contributed by atoms with E-state index in [1.165, 1.54) is 43.9 Å². The Morgan fingerprint density at radius 3 is 2.63 bits per heavy atom. The molecule has 0 heterocycles. The number of hydrogen-bond acceptors (Lipinski definition) is 4. The van der Waals surface area contributed by atoms with E-state index >= 15 is 0 Å². The van der Waals surface area contributed by atoms with Crippen LogP contribution in [0.1, 0.15) is 56.3 Å². The molecule has 0 radical (unpaired) electrons. The zero-order valence-electron chi connectivity index (χ0n) is 16.6. The van der Waals surface area contributed by atoms with E-state index in [1.54, 1.807) is 0 Å². The number of carbonyl (C=O) groups is 2. The number of thioether (sulfide) groups is 1. The number of rotatable bonds is 10. The van der Waals surface area contributed by atoms with Crippen LogP contribution in [0.4, 0.5) is 0 Å². The van der Waals surface area contributed by atoms with Gasteiger partial charge in [0.25, 0.3) is 5.91 Å². The molecular formula is C21H33N3O2S. The van der Waals surface area contributed by atoms with Crippen LogP contribution < -0.4 is 16.0 Å². The number of carbonyl (C=O) groups excluding carboxylic acids is 2. The van der Waals surface area contributed by atoms with E-state index in [1.807, 2.05) is 38.1 Å². The normalized spacial score (nSPS) is 15.9. The summed E-state index contributed by atoms with van der Waals surface area (Å²) < 4.78 is 0. The van der Waals surface area contributed by atoms with Crippen molar-refractivity contribution in [3.8, 4) is 0 Å². The van der Waals surface area contributed by atoms with Crippen LogP contribution in [0.3, 0.4) is 0 Å². The molecule has 0 unspecified atom stereocenters. The Kier molecular flexibility index (Phi) is 9.70. The Hall–Kier alpha value is -1.53. The van der Waals surface area contributed by atoms with Gasteiger partial charge in [-0.25, -0.2) is 0 Å². The lowest BCUT2D eigenvalue weighted by molar-refractivity contribution is -0.118. The van der Waals surface area contributed by atoms with Crippen molar-refractivity contribution in [3.63, 3.8) is 0 Å². The average molecular weight is 392 g/mol. The van der Waals surface area contributed by atoms with Crippen LogP contribution >= 0.6 is 11.8 Å². The molecule has 1 fully saturated rings. The maximum absolute atomic E-state index is 12.5. The Labute approximate surface area is 167 Å². The van der Waals surface area contributed by atoms with E-state index in [9.17, 15) is 9.59 Å². The molecule has 6 heteroatoms. The van der Waals surface area contributed by atoms with Crippen molar-refractivity contribution in [2.24, 2.45) is 5.92 Å². The highest BCUT2D eigenvalue weighted by atomic mass is 32.2. The van der Waals surface area contributed by atoms with Crippen LogP contribution in [0.5, 0.6) is 0 Å². The first-order valence-electron chi connectivity index (χ1n) is 10.1. The Bertz CT molecular complexity index is 603. The van der Waals surface area contributed by atoms with Gasteiger partial charge in [0, 0.05) is 24.0 Å². The number of hydrogen-bond donors (Lipinski definition) is 3. The molecule has 1 atom stereocenters. The first-order chi connectivity index (χ1) is 13.1. The number of nitrogens with one attached hydrogen (secondary N) is 3. The molecule has 1 saturated carbocycles. The van der Waals surface area contributed by atoms with Gasteiger partial charge < -0.3 is 16.0 Å². The predicted octanol–water partition coefficient (Wildman–Crippen LogP) is 3.20. The third kappa shape index (κ3) is 7.93. The van der Waals surface area contributed by atoms with Crippen LogP contribution in [0.2, 0.25) is 0 Å². The van der Waals surface area contributed by atoms with Gasteiger partial charge >= 0.3 is 0 Å². The predicted molar refractivity (Wildman–Crippen MR) is 112 cm³/mol. The molecule has 1 aromatic rings. The Morgan fingerprint density at radius 1 is 1.15 bits per heavy atom.